The summed E-state index contributed by atoms with van der Waals surface area (Å²) in [6.07, 6.45) is -0.435. The smallest absolute Gasteiger partial charge is 0.334 e. The van der Waals surface area contributed by atoms with Crippen LogP contribution in [-0.2, 0) is 9.53 Å². The van der Waals surface area contributed by atoms with Crippen LogP contribution in [0.4, 0.5) is 0 Å². The van der Waals surface area contributed by atoms with Crippen molar-refractivity contribution in [3.05, 3.63) is 47.0 Å². The number of nitrogens with one attached hydrogen (secondary N) is 1. The number of carbonyl (C=O) groups excluding carboxylic acids is 2. The Morgan fingerprint density at radius 3 is 2.52 bits per heavy atom. The largest absolute Gasteiger partial charge is 0.464 e. The Kier molecular flexibility index (Phi) is 5.21. The van der Waals surface area contributed by atoms with Gasteiger partial charge in [-0.25, -0.2) is 4.79 Å². The number of carbonyl (C=O) groups is 2. The first-order chi connectivity index (χ1) is 10.9. The molecular weight excluding hydrogens is 294 g/mol. The van der Waals surface area contributed by atoms with E-state index in [0.29, 0.717) is 12.0 Å². The van der Waals surface area contributed by atoms with Crippen LogP contribution in [0, 0.1) is 0 Å². The molecule has 5 nitrogen and oxygen atoms in total. The van der Waals surface area contributed by atoms with E-state index in [1.807, 2.05) is 19.9 Å². The highest BCUT2D eigenvalue weighted by Crippen LogP contribution is 2.34. The van der Waals surface area contributed by atoms with Gasteiger partial charge in [0.2, 0.25) is 0 Å². The summed E-state index contributed by atoms with van der Waals surface area (Å²) in [5.41, 5.74) is 1.02. The van der Waals surface area contributed by atoms with Gasteiger partial charge in [0.1, 0.15) is 0 Å². The molecule has 2 N–H and O–H groups in total. The second-order valence-electron chi connectivity index (χ2n) is 5.97. The van der Waals surface area contributed by atoms with Crippen LogP contribution in [-0.4, -0.2) is 35.2 Å². The molecule has 0 saturated carbocycles. The van der Waals surface area contributed by atoms with Crippen LogP contribution >= 0.6 is 0 Å². The average molecular weight is 317 g/mol. The number of hydrogen-bond acceptors (Lipinski definition) is 4. The predicted molar refractivity (Wildman–Crippen MR) is 86.9 cm³/mol. The minimum atomic E-state index is -1.44. The molecule has 1 aliphatic rings. The number of rotatable bonds is 4. The van der Waals surface area contributed by atoms with Crippen molar-refractivity contribution in [2.75, 3.05) is 6.61 Å². The summed E-state index contributed by atoms with van der Waals surface area (Å²) in [5.74, 6) is -0.992. The Bertz CT molecular complexity index is 623. The topological polar surface area (TPSA) is 75.6 Å². The Balaban J connectivity index is 2.35. The lowest BCUT2D eigenvalue weighted by Crippen LogP contribution is -2.64. The third kappa shape index (κ3) is 3.45. The summed E-state index contributed by atoms with van der Waals surface area (Å²) in [4.78, 5) is 25.0. The number of esters is 1. The minimum Gasteiger partial charge on any atom is -0.464 e. The maximum atomic E-state index is 12.5. The molecule has 0 aliphatic heterocycles. The first kappa shape index (κ1) is 17.2. The van der Waals surface area contributed by atoms with E-state index in [9.17, 15) is 14.7 Å². The van der Waals surface area contributed by atoms with Gasteiger partial charge in [0.05, 0.1) is 12.7 Å². The van der Waals surface area contributed by atoms with Crippen LogP contribution in [0.1, 0.15) is 44.0 Å². The lowest BCUT2D eigenvalue weighted by atomic mass is 9.76. The highest BCUT2D eigenvalue weighted by molar-refractivity contribution is 5.98. The molecule has 0 aromatic heterocycles. The summed E-state index contributed by atoms with van der Waals surface area (Å²) in [5, 5.41) is 13.3. The normalized spacial score (nSPS) is 24.3. The Hall–Kier alpha value is -2.14. The first-order valence-electron chi connectivity index (χ1n) is 7.78. The van der Waals surface area contributed by atoms with Crippen molar-refractivity contribution in [1.82, 2.24) is 5.32 Å². The SMILES string of the molecule is CCOC(=O)[C@@]1(NC(=O)c2ccccc2)CC(C)=C(C)C[C@@H]1O. The van der Waals surface area contributed by atoms with Crippen LogP contribution < -0.4 is 5.32 Å². The van der Waals surface area contributed by atoms with Crippen molar-refractivity contribution >= 4 is 11.9 Å². The summed E-state index contributed by atoms with van der Waals surface area (Å²) in [6, 6.07) is 8.63. The van der Waals surface area contributed by atoms with E-state index in [1.165, 1.54) is 0 Å². The Morgan fingerprint density at radius 2 is 1.91 bits per heavy atom. The monoisotopic (exact) mass is 317 g/mol. The van der Waals surface area contributed by atoms with Gasteiger partial charge in [-0.2, -0.15) is 0 Å². The molecule has 23 heavy (non-hydrogen) atoms. The summed E-state index contributed by atoms with van der Waals surface area (Å²) in [7, 11) is 0. The molecule has 0 heterocycles. The van der Waals surface area contributed by atoms with Gasteiger partial charge < -0.3 is 15.2 Å². The van der Waals surface area contributed by atoms with Crippen molar-refractivity contribution < 1.29 is 19.4 Å². The van der Waals surface area contributed by atoms with Crippen molar-refractivity contribution in [2.45, 2.75) is 45.3 Å². The Labute approximate surface area is 136 Å². The molecular formula is C18H23NO4. The maximum Gasteiger partial charge on any atom is 0.334 e. The second kappa shape index (κ2) is 6.96. The molecule has 124 valence electrons. The quantitative estimate of drug-likeness (QED) is 0.659. The third-order valence-corrected chi connectivity index (χ3v) is 4.35. The zero-order valence-corrected chi connectivity index (χ0v) is 13.8. The second-order valence-corrected chi connectivity index (χ2v) is 5.97. The molecule has 1 aliphatic carbocycles. The average Bonchev–Trinajstić information content (AvgIpc) is 2.53. The van der Waals surface area contributed by atoms with Gasteiger partial charge in [-0.15, -0.1) is 0 Å². The van der Waals surface area contributed by atoms with Gasteiger partial charge in [0.15, 0.2) is 5.54 Å². The summed E-state index contributed by atoms with van der Waals surface area (Å²) in [6.45, 7) is 5.72. The first-order valence-corrected chi connectivity index (χ1v) is 7.78. The Morgan fingerprint density at radius 1 is 1.26 bits per heavy atom. The fraction of sp³-hybridized carbons (Fsp3) is 0.444. The standard InChI is InChI=1S/C18H23NO4/c1-4-23-17(22)18(11-13(3)12(2)10-15(18)20)19-16(21)14-8-6-5-7-9-14/h5-9,15,20H,4,10-11H2,1-3H3,(H,19,21)/t15-,18+/m0/s1. The van der Waals surface area contributed by atoms with Gasteiger partial charge in [-0.3, -0.25) is 4.79 Å². The summed E-state index contributed by atoms with van der Waals surface area (Å²) < 4.78 is 5.14. The number of aliphatic hydroxyl groups excluding tert-OH is 1. The van der Waals surface area contributed by atoms with E-state index < -0.39 is 23.5 Å². The van der Waals surface area contributed by atoms with E-state index in [0.717, 1.165) is 11.1 Å². The zero-order valence-electron chi connectivity index (χ0n) is 13.8. The molecule has 1 amide bonds. The van der Waals surface area contributed by atoms with Crippen LogP contribution in [0.3, 0.4) is 0 Å². The van der Waals surface area contributed by atoms with Crippen molar-refractivity contribution in [3.8, 4) is 0 Å². The maximum absolute atomic E-state index is 12.5. The van der Waals surface area contributed by atoms with E-state index in [4.69, 9.17) is 4.74 Å². The van der Waals surface area contributed by atoms with Crippen molar-refractivity contribution in [3.63, 3.8) is 0 Å². The predicted octanol–water partition coefficient (Wildman–Crippen LogP) is 2.21. The van der Waals surface area contributed by atoms with E-state index in [2.05, 4.69) is 5.32 Å². The molecule has 2 rings (SSSR count). The molecule has 0 bridgehead atoms. The highest BCUT2D eigenvalue weighted by Gasteiger charge is 2.50. The lowest BCUT2D eigenvalue weighted by molar-refractivity contribution is -0.156. The van der Waals surface area contributed by atoms with Gasteiger partial charge in [0, 0.05) is 12.0 Å². The molecule has 0 spiro atoms. The van der Waals surface area contributed by atoms with Gasteiger partial charge in [-0.1, -0.05) is 29.3 Å². The van der Waals surface area contributed by atoms with Gasteiger partial charge in [0.25, 0.3) is 5.91 Å². The van der Waals surface area contributed by atoms with Crippen LogP contribution in [0.15, 0.2) is 41.5 Å². The highest BCUT2D eigenvalue weighted by atomic mass is 16.5. The van der Waals surface area contributed by atoms with Crippen molar-refractivity contribution in [1.29, 1.82) is 0 Å². The number of aliphatic hydroxyl groups is 1. The van der Waals surface area contributed by atoms with E-state index >= 15 is 0 Å². The molecule has 0 radical (unpaired) electrons. The number of hydrogen-bond donors (Lipinski definition) is 2. The minimum absolute atomic E-state index is 0.191. The molecule has 0 unspecified atom stereocenters. The van der Waals surface area contributed by atoms with E-state index in [1.54, 1.807) is 31.2 Å². The number of ether oxygens (including phenoxy) is 1. The third-order valence-electron chi connectivity index (χ3n) is 4.35. The fourth-order valence-electron chi connectivity index (χ4n) is 2.84. The number of amides is 1. The summed E-state index contributed by atoms with van der Waals surface area (Å²) >= 11 is 0. The van der Waals surface area contributed by atoms with Crippen LogP contribution in [0.5, 0.6) is 0 Å². The zero-order chi connectivity index (χ0) is 17.0. The number of benzene rings is 1. The van der Waals surface area contributed by atoms with Crippen LogP contribution in [0.25, 0.3) is 0 Å². The van der Waals surface area contributed by atoms with Gasteiger partial charge >= 0.3 is 5.97 Å². The molecule has 0 fully saturated rings. The lowest BCUT2D eigenvalue weighted by Gasteiger charge is -2.40. The van der Waals surface area contributed by atoms with Crippen molar-refractivity contribution in [2.24, 2.45) is 0 Å². The molecule has 5 heteroatoms. The fourth-order valence-corrected chi connectivity index (χ4v) is 2.84. The molecule has 2 atom stereocenters. The molecule has 0 saturated heterocycles. The van der Waals surface area contributed by atoms with Crippen LogP contribution in [0.2, 0.25) is 0 Å². The molecule has 1 aromatic carbocycles. The van der Waals surface area contributed by atoms with Gasteiger partial charge in [-0.05, 0) is 39.3 Å². The molecule has 1 aromatic rings. The van der Waals surface area contributed by atoms with E-state index in [-0.39, 0.29) is 13.0 Å².